The van der Waals surface area contributed by atoms with Crippen molar-refractivity contribution in [3.05, 3.63) is 29.3 Å². The summed E-state index contributed by atoms with van der Waals surface area (Å²) in [5, 5.41) is 21.6. The Bertz CT molecular complexity index is 531. The van der Waals surface area contributed by atoms with Crippen molar-refractivity contribution < 1.29 is 28.2 Å². The number of anilines is 1. The molecule has 0 aromatic heterocycles. The van der Waals surface area contributed by atoms with Crippen LogP contribution in [0.3, 0.4) is 0 Å². The van der Waals surface area contributed by atoms with Crippen LogP contribution in [-0.4, -0.2) is 28.8 Å². The van der Waals surface area contributed by atoms with E-state index in [1.807, 2.05) is 0 Å². The highest BCUT2D eigenvalue weighted by Crippen LogP contribution is 2.32. The van der Waals surface area contributed by atoms with Crippen molar-refractivity contribution >= 4 is 11.7 Å². The Kier molecular flexibility index (Phi) is 4.41. The Labute approximate surface area is 119 Å². The van der Waals surface area contributed by atoms with Crippen LogP contribution in [-0.2, 0) is 6.18 Å². The fraction of sp³-hybridized carbons (Fsp3) is 0.500. The lowest BCUT2D eigenvalue weighted by molar-refractivity contribution is -0.137. The third kappa shape index (κ3) is 3.66. The summed E-state index contributed by atoms with van der Waals surface area (Å²) >= 11 is 0. The van der Waals surface area contributed by atoms with Crippen LogP contribution >= 0.6 is 0 Å². The predicted molar refractivity (Wildman–Crippen MR) is 70.2 cm³/mol. The van der Waals surface area contributed by atoms with Crippen LogP contribution in [0, 0.1) is 5.92 Å². The lowest BCUT2D eigenvalue weighted by atomic mass is 10.0. The zero-order valence-corrected chi connectivity index (χ0v) is 11.2. The Morgan fingerprint density at radius 3 is 2.57 bits per heavy atom. The van der Waals surface area contributed by atoms with Gasteiger partial charge in [-0.3, -0.25) is 0 Å². The molecule has 116 valence electrons. The molecule has 1 aromatic carbocycles. The Morgan fingerprint density at radius 2 is 2.05 bits per heavy atom. The molecule has 2 rings (SSSR count). The molecule has 0 amide bonds. The molecule has 0 aliphatic heterocycles. The minimum absolute atomic E-state index is 0.00561. The first-order valence-electron chi connectivity index (χ1n) is 6.65. The number of carboxylic acids is 1. The number of hydrogen-bond donors (Lipinski definition) is 3. The van der Waals surface area contributed by atoms with Crippen LogP contribution in [0.4, 0.5) is 18.9 Å². The van der Waals surface area contributed by atoms with Crippen molar-refractivity contribution in [2.45, 2.75) is 31.5 Å². The lowest BCUT2D eigenvalue weighted by Gasteiger charge is -2.18. The van der Waals surface area contributed by atoms with Crippen LogP contribution in [0.2, 0.25) is 0 Å². The number of nitrogens with one attached hydrogen (secondary N) is 1. The molecule has 7 heteroatoms. The summed E-state index contributed by atoms with van der Waals surface area (Å²) in [5.74, 6) is -1.43. The summed E-state index contributed by atoms with van der Waals surface area (Å²) in [5.41, 5.74) is -1.28. The van der Waals surface area contributed by atoms with E-state index >= 15 is 0 Å². The van der Waals surface area contributed by atoms with Gasteiger partial charge in [-0.15, -0.1) is 0 Å². The maximum Gasteiger partial charge on any atom is 0.416 e. The summed E-state index contributed by atoms with van der Waals surface area (Å²) in [6.07, 6.45) is -2.61. The van der Waals surface area contributed by atoms with Gasteiger partial charge in [0.25, 0.3) is 0 Å². The number of benzene rings is 1. The standard InChI is InChI=1S/C14H16F3NO3/c15-14(16,17)9-4-5-11(10(6-9)13(20)21)18-7-8-2-1-3-12(8)19/h4-6,8,12,18-19H,1-3,7H2,(H,20,21). The van der Waals surface area contributed by atoms with E-state index in [4.69, 9.17) is 5.11 Å². The first-order chi connectivity index (χ1) is 9.79. The van der Waals surface area contributed by atoms with Gasteiger partial charge < -0.3 is 15.5 Å². The van der Waals surface area contributed by atoms with Gasteiger partial charge in [-0.05, 0) is 31.0 Å². The summed E-state index contributed by atoms with van der Waals surface area (Å²) in [4.78, 5) is 11.1. The zero-order valence-electron chi connectivity index (χ0n) is 11.2. The van der Waals surface area contributed by atoms with Crippen LogP contribution in [0.15, 0.2) is 18.2 Å². The topological polar surface area (TPSA) is 69.6 Å². The van der Waals surface area contributed by atoms with Gasteiger partial charge in [-0.25, -0.2) is 4.79 Å². The fourth-order valence-electron chi connectivity index (χ4n) is 2.55. The highest BCUT2D eigenvalue weighted by molar-refractivity contribution is 5.94. The third-order valence-corrected chi connectivity index (χ3v) is 3.75. The molecule has 1 aromatic rings. The van der Waals surface area contributed by atoms with Crippen LogP contribution in [0.5, 0.6) is 0 Å². The average Bonchev–Trinajstić information content (AvgIpc) is 2.80. The Balaban J connectivity index is 2.17. The molecule has 0 bridgehead atoms. The number of halogens is 3. The Morgan fingerprint density at radius 1 is 1.33 bits per heavy atom. The van der Waals surface area contributed by atoms with Gasteiger partial charge >= 0.3 is 12.1 Å². The molecule has 0 heterocycles. The molecule has 0 saturated heterocycles. The molecular weight excluding hydrogens is 287 g/mol. The van der Waals surface area contributed by atoms with E-state index in [9.17, 15) is 23.1 Å². The van der Waals surface area contributed by atoms with Crippen LogP contribution < -0.4 is 5.32 Å². The van der Waals surface area contributed by atoms with Gasteiger partial charge in [-0.2, -0.15) is 13.2 Å². The predicted octanol–water partition coefficient (Wildman–Crippen LogP) is 2.98. The second kappa shape index (κ2) is 5.93. The van der Waals surface area contributed by atoms with Crippen molar-refractivity contribution in [2.75, 3.05) is 11.9 Å². The Hall–Kier alpha value is -1.76. The fourth-order valence-corrected chi connectivity index (χ4v) is 2.55. The largest absolute Gasteiger partial charge is 0.478 e. The molecule has 2 atom stereocenters. The number of hydrogen-bond acceptors (Lipinski definition) is 3. The quantitative estimate of drug-likeness (QED) is 0.800. The lowest BCUT2D eigenvalue weighted by Crippen LogP contribution is -2.23. The molecule has 1 aliphatic rings. The van der Waals surface area contributed by atoms with Gasteiger partial charge in [-0.1, -0.05) is 6.42 Å². The molecule has 3 N–H and O–H groups in total. The van der Waals surface area contributed by atoms with E-state index in [0.29, 0.717) is 19.0 Å². The molecule has 1 fully saturated rings. The average molecular weight is 303 g/mol. The number of aliphatic hydroxyl groups excluding tert-OH is 1. The second-order valence-electron chi connectivity index (χ2n) is 5.20. The van der Waals surface area contributed by atoms with Crippen LogP contribution in [0.1, 0.15) is 35.2 Å². The van der Waals surface area contributed by atoms with Gasteiger partial charge in [0.2, 0.25) is 0 Å². The van der Waals surface area contributed by atoms with E-state index in [2.05, 4.69) is 5.32 Å². The van der Waals surface area contributed by atoms with Gasteiger partial charge in [0.05, 0.1) is 17.2 Å². The summed E-state index contributed by atoms with van der Waals surface area (Å²) in [6, 6.07) is 2.59. The molecule has 1 aliphatic carbocycles. The number of carboxylic acid groups (broad SMARTS) is 1. The zero-order chi connectivity index (χ0) is 15.6. The summed E-state index contributed by atoms with van der Waals surface area (Å²) in [7, 11) is 0. The van der Waals surface area contributed by atoms with Crippen LogP contribution in [0.25, 0.3) is 0 Å². The molecule has 0 radical (unpaired) electrons. The normalized spacial score (nSPS) is 22.3. The highest BCUT2D eigenvalue weighted by atomic mass is 19.4. The summed E-state index contributed by atoms with van der Waals surface area (Å²) < 4.78 is 37.8. The van der Waals surface area contributed by atoms with Gasteiger partial charge in [0, 0.05) is 18.2 Å². The van der Waals surface area contributed by atoms with E-state index in [1.54, 1.807) is 0 Å². The molecular formula is C14H16F3NO3. The van der Waals surface area contributed by atoms with Crippen molar-refractivity contribution in [3.63, 3.8) is 0 Å². The van der Waals surface area contributed by atoms with E-state index in [0.717, 1.165) is 25.0 Å². The SMILES string of the molecule is O=C(O)c1cc(C(F)(F)F)ccc1NCC1CCCC1O. The van der Waals surface area contributed by atoms with Crippen molar-refractivity contribution in [2.24, 2.45) is 5.92 Å². The third-order valence-electron chi connectivity index (χ3n) is 3.75. The smallest absolute Gasteiger partial charge is 0.416 e. The van der Waals surface area contributed by atoms with Crippen molar-refractivity contribution in [1.29, 1.82) is 0 Å². The van der Waals surface area contributed by atoms with Crippen molar-refractivity contribution in [3.8, 4) is 0 Å². The number of alkyl halides is 3. The first kappa shape index (κ1) is 15.6. The maximum atomic E-state index is 12.6. The minimum Gasteiger partial charge on any atom is -0.478 e. The number of rotatable bonds is 4. The highest BCUT2D eigenvalue weighted by Gasteiger charge is 2.32. The maximum absolute atomic E-state index is 12.6. The van der Waals surface area contributed by atoms with E-state index in [-0.39, 0.29) is 11.6 Å². The number of aromatic carboxylic acids is 1. The second-order valence-corrected chi connectivity index (χ2v) is 5.20. The molecule has 1 saturated carbocycles. The molecule has 2 unspecified atom stereocenters. The molecule has 0 spiro atoms. The molecule has 4 nitrogen and oxygen atoms in total. The minimum atomic E-state index is -4.58. The van der Waals surface area contributed by atoms with Gasteiger partial charge in [0.15, 0.2) is 0 Å². The summed E-state index contributed by atoms with van der Waals surface area (Å²) in [6.45, 7) is 0.340. The molecule has 21 heavy (non-hydrogen) atoms. The number of aliphatic hydroxyl groups is 1. The van der Waals surface area contributed by atoms with Crippen molar-refractivity contribution in [1.82, 2.24) is 0 Å². The van der Waals surface area contributed by atoms with E-state index in [1.165, 1.54) is 0 Å². The monoisotopic (exact) mass is 303 g/mol. The van der Waals surface area contributed by atoms with E-state index < -0.39 is 29.4 Å². The first-order valence-corrected chi connectivity index (χ1v) is 6.65. The number of carbonyl (C=O) groups is 1. The van der Waals surface area contributed by atoms with Gasteiger partial charge in [0.1, 0.15) is 0 Å².